The van der Waals surface area contributed by atoms with Crippen LogP contribution in [0.5, 0.6) is 0 Å². The van der Waals surface area contributed by atoms with Crippen molar-refractivity contribution in [1.82, 2.24) is 0 Å². The fourth-order valence-corrected chi connectivity index (χ4v) is 9.04. The number of carbonyl (C=O) groups is 3. The molecule has 0 bridgehead atoms. The number of rotatable bonds is 57. The van der Waals surface area contributed by atoms with Crippen LogP contribution >= 0.6 is 0 Å². The topological polar surface area (TPSA) is 78.9 Å². The maximum Gasteiger partial charge on any atom is 0.306 e. The van der Waals surface area contributed by atoms with Crippen LogP contribution in [0.15, 0.2) is 72.9 Å². The van der Waals surface area contributed by atoms with Gasteiger partial charge in [0.25, 0.3) is 0 Å². The first-order chi connectivity index (χ1) is 36.0. The summed E-state index contributed by atoms with van der Waals surface area (Å²) < 4.78 is 16.8. The van der Waals surface area contributed by atoms with Crippen LogP contribution in [0.3, 0.4) is 0 Å². The molecule has 0 radical (unpaired) electrons. The highest BCUT2D eigenvalue weighted by Crippen LogP contribution is 2.17. The first-order valence-corrected chi connectivity index (χ1v) is 31.4. The van der Waals surface area contributed by atoms with E-state index in [0.717, 1.165) is 96.3 Å². The van der Waals surface area contributed by atoms with E-state index in [9.17, 15) is 14.4 Å². The lowest BCUT2D eigenvalue weighted by Gasteiger charge is -2.18. The maximum atomic E-state index is 12.8. The van der Waals surface area contributed by atoms with Crippen LogP contribution in [0, 0.1) is 0 Å². The van der Waals surface area contributed by atoms with Crippen molar-refractivity contribution in [3.8, 4) is 0 Å². The van der Waals surface area contributed by atoms with Crippen LogP contribution in [0.25, 0.3) is 0 Å². The van der Waals surface area contributed by atoms with E-state index in [0.29, 0.717) is 19.3 Å². The highest BCUT2D eigenvalue weighted by molar-refractivity contribution is 5.71. The minimum absolute atomic E-state index is 0.0695. The summed E-state index contributed by atoms with van der Waals surface area (Å²) in [6.07, 6.45) is 79.5. The summed E-state index contributed by atoms with van der Waals surface area (Å²) in [5.74, 6) is -0.865. The number of esters is 3. The predicted octanol–water partition coefficient (Wildman–Crippen LogP) is 21.3. The molecule has 0 saturated heterocycles. The quantitative estimate of drug-likeness (QED) is 0.0261. The molecule has 6 nitrogen and oxygen atoms in total. The average molecular weight is 1020 g/mol. The lowest BCUT2D eigenvalue weighted by molar-refractivity contribution is -0.167. The summed E-state index contributed by atoms with van der Waals surface area (Å²) in [4.78, 5) is 37.9. The zero-order valence-electron chi connectivity index (χ0n) is 48.4. The first kappa shape index (κ1) is 69.8. The molecule has 422 valence electrons. The molecule has 6 heteroatoms. The van der Waals surface area contributed by atoms with Crippen molar-refractivity contribution in [1.29, 1.82) is 0 Å². The lowest BCUT2D eigenvalue weighted by atomic mass is 10.0. The van der Waals surface area contributed by atoms with Gasteiger partial charge in [0.2, 0.25) is 0 Å². The van der Waals surface area contributed by atoms with Crippen molar-refractivity contribution < 1.29 is 28.6 Å². The van der Waals surface area contributed by atoms with Crippen molar-refractivity contribution in [3.05, 3.63) is 72.9 Å². The number of unbranched alkanes of at least 4 members (excludes halogenated alkanes) is 34. The Bertz CT molecular complexity index is 1360. The summed E-state index contributed by atoms with van der Waals surface area (Å²) in [6, 6.07) is 0. The third kappa shape index (κ3) is 59.6. The monoisotopic (exact) mass is 1020 g/mol. The maximum absolute atomic E-state index is 12.8. The molecule has 0 heterocycles. The van der Waals surface area contributed by atoms with E-state index in [-0.39, 0.29) is 31.1 Å². The second kappa shape index (κ2) is 61.4. The van der Waals surface area contributed by atoms with Crippen LogP contribution in [-0.2, 0) is 28.6 Å². The van der Waals surface area contributed by atoms with E-state index in [2.05, 4.69) is 93.7 Å². The van der Waals surface area contributed by atoms with Gasteiger partial charge in [-0.05, 0) is 70.6 Å². The van der Waals surface area contributed by atoms with E-state index >= 15 is 0 Å². The molecule has 0 saturated carbocycles. The SMILES string of the molecule is CC/C=C\C/C=C\C/C=C\C/C=C\C/C=C\C/C=C\CCCCCCCCCCCCCCCCCCC(=O)OCC(COC(=O)CCCCCCCC)OC(=O)CCCCCCCCCCCCCCCC. The van der Waals surface area contributed by atoms with Gasteiger partial charge in [-0.1, -0.05) is 299 Å². The highest BCUT2D eigenvalue weighted by atomic mass is 16.6. The predicted molar refractivity (Wildman–Crippen MR) is 316 cm³/mol. The van der Waals surface area contributed by atoms with E-state index in [4.69, 9.17) is 14.2 Å². The fourth-order valence-electron chi connectivity index (χ4n) is 9.04. The molecule has 0 N–H and O–H groups in total. The van der Waals surface area contributed by atoms with Crippen molar-refractivity contribution in [3.63, 3.8) is 0 Å². The second-order valence-electron chi connectivity index (χ2n) is 21.0. The van der Waals surface area contributed by atoms with Crippen molar-refractivity contribution >= 4 is 17.9 Å². The van der Waals surface area contributed by atoms with Gasteiger partial charge in [-0.2, -0.15) is 0 Å². The normalized spacial score (nSPS) is 12.5. The summed E-state index contributed by atoms with van der Waals surface area (Å²) in [5.41, 5.74) is 0. The van der Waals surface area contributed by atoms with Gasteiger partial charge < -0.3 is 14.2 Å². The molecule has 73 heavy (non-hydrogen) atoms. The van der Waals surface area contributed by atoms with Crippen LogP contribution in [0.4, 0.5) is 0 Å². The Morgan fingerprint density at radius 1 is 0.288 bits per heavy atom. The van der Waals surface area contributed by atoms with E-state index in [1.165, 1.54) is 180 Å². The molecule has 0 aliphatic carbocycles. The number of carbonyl (C=O) groups excluding carboxylic acids is 3. The Balaban J connectivity index is 3.94. The molecule has 0 fully saturated rings. The Morgan fingerprint density at radius 3 is 0.836 bits per heavy atom. The fraction of sp³-hybridized carbons (Fsp3) is 0.776. The molecule has 0 aromatic rings. The van der Waals surface area contributed by atoms with E-state index in [1.807, 2.05) is 0 Å². The van der Waals surface area contributed by atoms with Crippen LogP contribution in [0.1, 0.15) is 316 Å². The molecular formula is C67H118O6. The molecule has 0 aromatic carbocycles. The Hall–Kier alpha value is -3.15. The van der Waals surface area contributed by atoms with Gasteiger partial charge in [0.1, 0.15) is 13.2 Å². The molecule has 0 spiro atoms. The van der Waals surface area contributed by atoms with Crippen LogP contribution in [0.2, 0.25) is 0 Å². The van der Waals surface area contributed by atoms with Gasteiger partial charge in [0, 0.05) is 19.3 Å². The molecule has 1 atom stereocenters. The number of allylic oxidation sites excluding steroid dienone is 12. The average Bonchev–Trinajstić information content (AvgIpc) is 3.39. The minimum atomic E-state index is -0.767. The van der Waals surface area contributed by atoms with E-state index < -0.39 is 6.10 Å². The van der Waals surface area contributed by atoms with Gasteiger partial charge in [-0.3, -0.25) is 14.4 Å². The van der Waals surface area contributed by atoms with Crippen molar-refractivity contribution in [2.24, 2.45) is 0 Å². The van der Waals surface area contributed by atoms with Gasteiger partial charge in [0.05, 0.1) is 0 Å². The Labute approximate surface area is 453 Å². The molecule has 0 rings (SSSR count). The van der Waals surface area contributed by atoms with Gasteiger partial charge in [-0.25, -0.2) is 0 Å². The molecule has 0 aromatic heterocycles. The molecular weight excluding hydrogens is 901 g/mol. The molecule has 0 aliphatic heterocycles. The van der Waals surface area contributed by atoms with Crippen LogP contribution in [-0.4, -0.2) is 37.2 Å². The lowest BCUT2D eigenvalue weighted by Crippen LogP contribution is -2.30. The van der Waals surface area contributed by atoms with E-state index in [1.54, 1.807) is 0 Å². The second-order valence-corrected chi connectivity index (χ2v) is 21.0. The zero-order chi connectivity index (χ0) is 52.9. The first-order valence-electron chi connectivity index (χ1n) is 31.4. The van der Waals surface area contributed by atoms with Gasteiger partial charge >= 0.3 is 17.9 Å². The summed E-state index contributed by atoms with van der Waals surface area (Å²) in [5, 5.41) is 0. The molecule has 0 aliphatic rings. The Kier molecular flexibility index (Phi) is 58.7. The summed E-state index contributed by atoms with van der Waals surface area (Å²) >= 11 is 0. The highest BCUT2D eigenvalue weighted by Gasteiger charge is 2.19. The summed E-state index contributed by atoms with van der Waals surface area (Å²) in [7, 11) is 0. The van der Waals surface area contributed by atoms with Crippen molar-refractivity contribution in [2.75, 3.05) is 13.2 Å². The smallest absolute Gasteiger partial charge is 0.306 e. The zero-order valence-corrected chi connectivity index (χ0v) is 48.4. The summed E-state index contributed by atoms with van der Waals surface area (Å²) in [6.45, 7) is 6.49. The third-order valence-corrected chi connectivity index (χ3v) is 13.7. The van der Waals surface area contributed by atoms with Gasteiger partial charge in [0.15, 0.2) is 6.10 Å². The number of ether oxygens (including phenoxy) is 3. The molecule has 1 unspecified atom stereocenters. The largest absolute Gasteiger partial charge is 0.462 e. The van der Waals surface area contributed by atoms with Crippen molar-refractivity contribution in [2.45, 2.75) is 322 Å². The van der Waals surface area contributed by atoms with Crippen LogP contribution < -0.4 is 0 Å². The third-order valence-electron chi connectivity index (χ3n) is 13.7. The minimum Gasteiger partial charge on any atom is -0.462 e. The number of hydrogen-bond acceptors (Lipinski definition) is 6. The van der Waals surface area contributed by atoms with Gasteiger partial charge in [-0.15, -0.1) is 0 Å². The standard InChI is InChI=1S/C67H118O6/c1-4-7-10-13-16-18-20-22-24-25-26-27-28-29-30-31-32-33-34-35-36-37-38-39-40-41-42-43-44-46-47-49-51-54-57-60-66(69)72-63-64(62-71-65(68)59-56-53-15-12-9-6-3)73-67(70)61-58-55-52-50-48-45-23-21-19-17-14-11-8-5-2/h7,10,16,18,22,24,26-27,29-30,32-33,64H,4-6,8-9,11-15,17,19-21,23,25,28,31,34-63H2,1-3H3/b10-7-,18-16-,24-22-,27-26-,30-29-,33-32-. The number of hydrogen-bond donors (Lipinski definition) is 0. The molecule has 0 amide bonds. The Morgan fingerprint density at radius 2 is 0.534 bits per heavy atom.